The highest BCUT2D eigenvalue weighted by molar-refractivity contribution is 7.89. The van der Waals surface area contributed by atoms with Crippen LogP contribution in [0.4, 0.5) is 5.69 Å². The van der Waals surface area contributed by atoms with Gasteiger partial charge in [-0.3, -0.25) is 0 Å². The number of hydrogen-bond acceptors (Lipinski definition) is 3. The predicted molar refractivity (Wildman–Crippen MR) is 77.6 cm³/mol. The molecule has 2 rings (SSSR count). The van der Waals surface area contributed by atoms with Gasteiger partial charge in [0.05, 0.1) is 15.6 Å². The third-order valence-electron chi connectivity index (χ3n) is 4.01. The molecule has 19 heavy (non-hydrogen) atoms. The van der Waals surface area contributed by atoms with Gasteiger partial charge < -0.3 is 5.73 Å². The zero-order valence-electron chi connectivity index (χ0n) is 11.1. The third kappa shape index (κ3) is 3.04. The molecule has 4 nitrogen and oxygen atoms in total. The number of benzene rings is 1. The second kappa shape index (κ2) is 4.96. The van der Waals surface area contributed by atoms with Crippen LogP contribution in [0.3, 0.4) is 0 Å². The summed E-state index contributed by atoms with van der Waals surface area (Å²) in [5, 5.41) is 0.361. The summed E-state index contributed by atoms with van der Waals surface area (Å²) in [5.74, 6) is 0.477. The van der Waals surface area contributed by atoms with Gasteiger partial charge in [-0.15, -0.1) is 0 Å². The molecule has 1 aliphatic rings. The number of halogens is 1. The molecule has 0 radical (unpaired) electrons. The molecule has 0 aromatic heterocycles. The normalized spacial score (nSPS) is 17.7. The minimum absolute atomic E-state index is 0.130. The van der Waals surface area contributed by atoms with Crippen LogP contribution in [0.25, 0.3) is 0 Å². The Bertz CT molecular complexity index is 580. The summed E-state index contributed by atoms with van der Waals surface area (Å²) in [5.41, 5.74) is 6.04. The molecule has 0 heterocycles. The van der Waals surface area contributed by atoms with Gasteiger partial charge in [0.25, 0.3) is 0 Å². The van der Waals surface area contributed by atoms with Gasteiger partial charge in [-0.05, 0) is 42.4 Å². The van der Waals surface area contributed by atoms with Crippen molar-refractivity contribution in [1.29, 1.82) is 0 Å². The molecule has 6 heteroatoms. The molecule has 0 aliphatic heterocycles. The fourth-order valence-corrected chi connectivity index (χ4v) is 3.42. The molecule has 1 saturated carbocycles. The molecule has 1 aliphatic carbocycles. The summed E-state index contributed by atoms with van der Waals surface area (Å²) in [6.07, 6.45) is 2.16. The van der Waals surface area contributed by atoms with Gasteiger partial charge in [0.1, 0.15) is 0 Å². The van der Waals surface area contributed by atoms with Crippen LogP contribution in [0.1, 0.15) is 26.7 Å². The lowest BCUT2D eigenvalue weighted by Crippen LogP contribution is -2.32. The van der Waals surface area contributed by atoms with Crippen molar-refractivity contribution in [2.45, 2.75) is 31.6 Å². The lowest BCUT2D eigenvalue weighted by Gasteiger charge is -2.20. The number of sulfonamides is 1. The molecule has 0 saturated heterocycles. The van der Waals surface area contributed by atoms with Crippen LogP contribution >= 0.6 is 11.6 Å². The lowest BCUT2D eigenvalue weighted by molar-refractivity contribution is 0.357. The molecule has 3 N–H and O–H groups in total. The number of nitrogen functional groups attached to an aromatic ring is 1. The summed E-state index contributed by atoms with van der Waals surface area (Å²) in [6.45, 7) is 4.73. The molecule has 0 atom stereocenters. The van der Waals surface area contributed by atoms with Gasteiger partial charge in [0.2, 0.25) is 10.0 Å². The highest BCUT2D eigenvalue weighted by atomic mass is 35.5. The van der Waals surface area contributed by atoms with Crippen LogP contribution in [-0.2, 0) is 10.0 Å². The van der Waals surface area contributed by atoms with E-state index in [1.807, 2.05) is 0 Å². The van der Waals surface area contributed by atoms with Crippen LogP contribution in [0.2, 0.25) is 5.02 Å². The van der Waals surface area contributed by atoms with Crippen LogP contribution in [0.5, 0.6) is 0 Å². The first-order valence-corrected chi connectivity index (χ1v) is 8.18. The van der Waals surface area contributed by atoms with Crippen molar-refractivity contribution in [1.82, 2.24) is 4.72 Å². The standard InChI is InChI=1S/C13H19ClN2O2S/c1-9(2)13(5-6-13)8-16-19(17,18)10-3-4-11(14)12(15)7-10/h3-4,7,9,16H,5-6,8,15H2,1-2H3. The molecular formula is C13H19ClN2O2S. The fourth-order valence-electron chi connectivity index (χ4n) is 2.13. The van der Waals surface area contributed by atoms with Crippen molar-refractivity contribution in [3.8, 4) is 0 Å². The summed E-state index contributed by atoms with van der Waals surface area (Å²) in [6, 6.07) is 4.36. The van der Waals surface area contributed by atoms with Gasteiger partial charge in [-0.25, -0.2) is 13.1 Å². The monoisotopic (exact) mass is 302 g/mol. The van der Waals surface area contributed by atoms with Crippen LogP contribution in [-0.4, -0.2) is 15.0 Å². The van der Waals surface area contributed by atoms with Gasteiger partial charge in [0, 0.05) is 6.54 Å². The Hall–Kier alpha value is -0.780. The van der Waals surface area contributed by atoms with E-state index in [2.05, 4.69) is 18.6 Å². The molecule has 0 spiro atoms. The van der Waals surface area contributed by atoms with Crippen molar-refractivity contribution in [3.05, 3.63) is 23.2 Å². The molecule has 1 aromatic rings. The smallest absolute Gasteiger partial charge is 0.240 e. The second-order valence-electron chi connectivity index (χ2n) is 5.52. The van der Waals surface area contributed by atoms with E-state index >= 15 is 0 Å². The summed E-state index contributed by atoms with van der Waals surface area (Å²) >= 11 is 5.79. The van der Waals surface area contributed by atoms with Gasteiger partial charge in [0.15, 0.2) is 0 Å². The van der Waals surface area contributed by atoms with Crippen LogP contribution in [0.15, 0.2) is 23.1 Å². The molecule has 0 unspecified atom stereocenters. The summed E-state index contributed by atoms with van der Waals surface area (Å²) < 4.78 is 27.0. The SMILES string of the molecule is CC(C)C1(CNS(=O)(=O)c2ccc(Cl)c(N)c2)CC1. The molecule has 1 fully saturated rings. The summed E-state index contributed by atoms with van der Waals surface area (Å²) in [4.78, 5) is 0.161. The number of nitrogens with two attached hydrogens (primary N) is 1. The van der Waals surface area contributed by atoms with Crippen molar-refractivity contribution < 1.29 is 8.42 Å². The highest BCUT2D eigenvalue weighted by Gasteiger charge is 2.45. The van der Waals surface area contributed by atoms with E-state index < -0.39 is 10.0 Å². The Morgan fingerprint density at radius 1 is 1.42 bits per heavy atom. The van der Waals surface area contributed by atoms with Crippen LogP contribution in [0, 0.1) is 11.3 Å². The first-order valence-electron chi connectivity index (χ1n) is 6.31. The Balaban J connectivity index is 2.12. The molecular weight excluding hydrogens is 284 g/mol. The van der Waals surface area contributed by atoms with Crippen molar-refractivity contribution in [3.63, 3.8) is 0 Å². The van der Waals surface area contributed by atoms with Gasteiger partial charge >= 0.3 is 0 Å². The molecule has 0 amide bonds. The number of hydrogen-bond donors (Lipinski definition) is 2. The average Bonchev–Trinajstić information content (AvgIpc) is 3.11. The van der Waals surface area contributed by atoms with E-state index in [4.69, 9.17) is 17.3 Å². The van der Waals surface area contributed by atoms with E-state index in [1.54, 1.807) is 0 Å². The lowest BCUT2D eigenvalue weighted by atomic mass is 9.93. The largest absolute Gasteiger partial charge is 0.397 e. The zero-order chi connectivity index (χ0) is 14.3. The van der Waals surface area contributed by atoms with Gasteiger partial charge in [-0.2, -0.15) is 0 Å². The molecule has 106 valence electrons. The van der Waals surface area contributed by atoms with Crippen molar-refractivity contribution in [2.75, 3.05) is 12.3 Å². The highest BCUT2D eigenvalue weighted by Crippen LogP contribution is 2.51. The molecule has 0 bridgehead atoms. The Morgan fingerprint density at radius 3 is 2.53 bits per heavy atom. The number of rotatable bonds is 5. The minimum atomic E-state index is -3.51. The maximum absolute atomic E-state index is 12.2. The zero-order valence-corrected chi connectivity index (χ0v) is 12.7. The Labute approximate surface area is 119 Å². The Kier molecular flexibility index (Phi) is 3.82. The Morgan fingerprint density at radius 2 is 2.05 bits per heavy atom. The van der Waals surface area contributed by atoms with E-state index in [9.17, 15) is 8.42 Å². The van der Waals surface area contributed by atoms with Crippen LogP contribution < -0.4 is 10.5 Å². The summed E-state index contributed by atoms with van der Waals surface area (Å²) in [7, 11) is -3.51. The quantitative estimate of drug-likeness (QED) is 0.821. The number of anilines is 1. The van der Waals surface area contributed by atoms with E-state index in [-0.39, 0.29) is 16.0 Å². The predicted octanol–water partition coefficient (Wildman–Crippen LogP) is 2.64. The van der Waals surface area contributed by atoms with E-state index in [0.717, 1.165) is 12.8 Å². The first kappa shape index (κ1) is 14.6. The third-order valence-corrected chi connectivity index (χ3v) is 5.75. The molecule has 1 aromatic carbocycles. The van der Waals surface area contributed by atoms with E-state index in [0.29, 0.717) is 17.5 Å². The minimum Gasteiger partial charge on any atom is -0.397 e. The van der Waals surface area contributed by atoms with Gasteiger partial charge in [-0.1, -0.05) is 25.4 Å². The van der Waals surface area contributed by atoms with Crippen molar-refractivity contribution in [2.24, 2.45) is 11.3 Å². The topological polar surface area (TPSA) is 72.2 Å². The van der Waals surface area contributed by atoms with Crippen molar-refractivity contribution >= 4 is 27.3 Å². The first-order chi connectivity index (χ1) is 8.77. The fraction of sp³-hybridized carbons (Fsp3) is 0.538. The maximum Gasteiger partial charge on any atom is 0.240 e. The number of nitrogens with one attached hydrogen (secondary N) is 1. The maximum atomic E-state index is 12.2. The van der Waals surface area contributed by atoms with E-state index in [1.165, 1.54) is 18.2 Å². The second-order valence-corrected chi connectivity index (χ2v) is 7.70. The average molecular weight is 303 g/mol.